The highest BCUT2D eigenvalue weighted by Crippen LogP contribution is 2.33. The third-order valence-electron chi connectivity index (χ3n) is 1.99. The molecule has 0 bridgehead atoms. The van der Waals surface area contributed by atoms with Crippen LogP contribution in [0.1, 0.15) is 10.5 Å². The molecular formula is C9H4Cl2FNO2. The van der Waals surface area contributed by atoms with Gasteiger partial charge in [-0.2, -0.15) is 0 Å². The fourth-order valence-electron chi connectivity index (χ4n) is 1.29. The molecule has 0 aliphatic heterocycles. The summed E-state index contributed by atoms with van der Waals surface area (Å²) in [5.41, 5.74) is 0.243. The predicted molar refractivity (Wildman–Crippen MR) is 55.2 cm³/mol. The summed E-state index contributed by atoms with van der Waals surface area (Å²) in [6.45, 7) is 0. The number of aromatic nitrogens is 1. The maximum atomic E-state index is 13.1. The molecule has 0 fully saturated rings. The first kappa shape index (κ1) is 10.3. The molecular weight excluding hydrogens is 244 g/mol. The minimum Gasteiger partial charge on any atom is -0.477 e. The highest BCUT2D eigenvalue weighted by Gasteiger charge is 2.14. The van der Waals surface area contributed by atoms with E-state index in [1.165, 1.54) is 6.07 Å². The maximum Gasteiger partial charge on any atom is 0.352 e. The van der Waals surface area contributed by atoms with E-state index in [1.807, 2.05) is 0 Å². The van der Waals surface area contributed by atoms with Gasteiger partial charge in [-0.15, -0.1) is 0 Å². The van der Waals surface area contributed by atoms with Gasteiger partial charge in [-0.25, -0.2) is 9.18 Å². The van der Waals surface area contributed by atoms with Gasteiger partial charge >= 0.3 is 5.97 Å². The summed E-state index contributed by atoms with van der Waals surface area (Å²) in [5.74, 6) is -1.83. The molecule has 2 rings (SSSR count). The number of carbonyl (C=O) groups is 1. The lowest BCUT2D eigenvalue weighted by atomic mass is 10.2. The summed E-state index contributed by atoms with van der Waals surface area (Å²) >= 11 is 11.3. The second-order valence-corrected chi connectivity index (χ2v) is 3.69. The van der Waals surface area contributed by atoms with Crippen molar-refractivity contribution in [2.24, 2.45) is 0 Å². The highest BCUT2D eigenvalue weighted by atomic mass is 35.5. The molecule has 0 aliphatic rings. The van der Waals surface area contributed by atoms with Crippen molar-refractivity contribution in [3.63, 3.8) is 0 Å². The molecule has 15 heavy (non-hydrogen) atoms. The first-order valence-electron chi connectivity index (χ1n) is 3.90. The zero-order chi connectivity index (χ0) is 11.2. The molecule has 0 unspecified atom stereocenters. The van der Waals surface area contributed by atoms with Crippen LogP contribution < -0.4 is 0 Å². The third-order valence-corrected chi connectivity index (χ3v) is 2.85. The second kappa shape index (κ2) is 3.40. The Hall–Kier alpha value is -1.26. The molecule has 0 radical (unpaired) electrons. The van der Waals surface area contributed by atoms with Crippen LogP contribution in [0.25, 0.3) is 10.9 Å². The van der Waals surface area contributed by atoms with E-state index in [9.17, 15) is 9.18 Å². The summed E-state index contributed by atoms with van der Waals surface area (Å²) in [4.78, 5) is 13.2. The molecule has 1 aromatic heterocycles. The Labute approximate surface area is 93.4 Å². The van der Waals surface area contributed by atoms with E-state index in [0.29, 0.717) is 10.9 Å². The van der Waals surface area contributed by atoms with Crippen molar-refractivity contribution in [1.29, 1.82) is 0 Å². The maximum absolute atomic E-state index is 13.1. The molecule has 0 saturated carbocycles. The van der Waals surface area contributed by atoms with E-state index >= 15 is 0 Å². The van der Waals surface area contributed by atoms with Crippen LogP contribution >= 0.6 is 23.2 Å². The van der Waals surface area contributed by atoms with Crippen LogP contribution in [0.2, 0.25) is 10.0 Å². The Bertz CT molecular complexity index is 565. The summed E-state index contributed by atoms with van der Waals surface area (Å²) in [6.07, 6.45) is 0. The molecule has 0 spiro atoms. The van der Waals surface area contributed by atoms with Crippen LogP contribution in [0.5, 0.6) is 0 Å². The molecule has 1 heterocycles. The van der Waals surface area contributed by atoms with Gasteiger partial charge in [-0.1, -0.05) is 23.2 Å². The predicted octanol–water partition coefficient (Wildman–Crippen LogP) is 3.31. The topological polar surface area (TPSA) is 53.1 Å². The van der Waals surface area contributed by atoms with Crippen LogP contribution in [0.3, 0.4) is 0 Å². The standard InChI is InChI=1S/C9H4Cl2FNO2/c10-7-3-1-6(9(14)15)13-5(3)2-4(12)8(7)11/h1-2,13H,(H,14,15). The Morgan fingerprint density at radius 1 is 1.33 bits per heavy atom. The van der Waals surface area contributed by atoms with Crippen LogP contribution in [-0.4, -0.2) is 16.1 Å². The number of hydrogen-bond donors (Lipinski definition) is 2. The zero-order valence-corrected chi connectivity index (χ0v) is 8.66. The first-order valence-corrected chi connectivity index (χ1v) is 4.66. The number of aromatic carboxylic acids is 1. The third kappa shape index (κ3) is 1.56. The smallest absolute Gasteiger partial charge is 0.352 e. The second-order valence-electron chi connectivity index (χ2n) is 2.94. The van der Waals surface area contributed by atoms with Crippen molar-refractivity contribution in [3.8, 4) is 0 Å². The molecule has 0 saturated heterocycles. The minimum atomic E-state index is -1.14. The van der Waals surface area contributed by atoms with Gasteiger partial charge in [0.05, 0.1) is 15.6 Å². The molecule has 2 N–H and O–H groups in total. The Morgan fingerprint density at radius 2 is 2.00 bits per heavy atom. The summed E-state index contributed by atoms with van der Waals surface area (Å²) in [7, 11) is 0. The molecule has 0 aliphatic carbocycles. The minimum absolute atomic E-state index is 0.00965. The summed E-state index contributed by atoms with van der Waals surface area (Å²) in [6, 6.07) is 2.42. The van der Waals surface area contributed by atoms with E-state index in [0.717, 1.165) is 6.07 Å². The molecule has 0 atom stereocenters. The molecule has 78 valence electrons. The van der Waals surface area contributed by atoms with Gasteiger partial charge in [-0.05, 0) is 12.1 Å². The van der Waals surface area contributed by atoms with Crippen LogP contribution in [0.15, 0.2) is 12.1 Å². The molecule has 3 nitrogen and oxygen atoms in total. The van der Waals surface area contributed by atoms with E-state index in [2.05, 4.69) is 4.98 Å². The monoisotopic (exact) mass is 247 g/mol. The van der Waals surface area contributed by atoms with Gasteiger partial charge in [0.2, 0.25) is 0 Å². The first-order chi connectivity index (χ1) is 7.00. The molecule has 6 heteroatoms. The van der Waals surface area contributed by atoms with Gasteiger partial charge in [-0.3, -0.25) is 0 Å². The number of halogens is 3. The van der Waals surface area contributed by atoms with Gasteiger partial charge in [0.1, 0.15) is 11.5 Å². The van der Waals surface area contributed by atoms with E-state index in [4.69, 9.17) is 28.3 Å². The van der Waals surface area contributed by atoms with Crippen LogP contribution in [-0.2, 0) is 0 Å². The lowest BCUT2D eigenvalue weighted by Crippen LogP contribution is -1.94. The largest absolute Gasteiger partial charge is 0.477 e. The van der Waals surface area contributed by atoms with E-state index in [-0.39, 0.29) is 15.7 Å². The number of H-pyrrole nitrogens is 1. The van der Waals surface area contributed by atoms with Crippen molar-refractivity contribution in [3.05, 3.63) is 33.7 Å². The summed E-state index contributed by atoms with van der Waals surface area (Å²) < 4.78 is 13.1. The Balaban J connectivity index is 2.82. The van der Waals surface area contributed by atoms with Crippen molar-refractivity contribution in [2.45, 2.75) is 0 Å². The average molecular weight is 248 g/mol. The number of carboxylic acids is 1. The number of fused-ring (bicyclic) bond motifs is 1. The zero-order valence-electron chi connectivity index (χ0n) is 7.14. The van der Waals surface area contributed by atoms with Crippen LogP contribution in [0.4, 0.5) is 4.39 Å². The van der Waals surface area contributed by atoms with Gasteiger partial charge in [0, 0.05) is 5.39 Å². The SMILES string of the molecule is O=C(O)c1cc2c(Cl)c(Cl)c(F)cc2[nH]1. The van der Waals surface area contributed by atoms with E-state index < -0.39 is 11.8 Å². The number of benzene rings is 1. The van der Waals surface area contributed by atoms with Crippen LogP contribution in [0, 0.1) is 5.82 Å². The molecule has 0 amide bonds. The van der Waals surface area contributed by atoms with Crippen molar-refractivity contribution < 1.29 is 14.3 Å². The summed E-state index contributed by atoms with van der Waals surface area (Å²) in [5, 5.41) is 8.91. The lowest BCUT2D eigenvalue weighted by Gasteiger charge is -1.98. The fourth-order valence-corrected chi connectivity index (χ4v) is 1.70. The van der Waals surface area contributed by atoms with Crippen molar-refractivity contribution >= 4 is 40.1 Å². The number of aromatic amines is 1. The van der Waals surface area contributed by atoms with E-state index in [1.54, 1.807) is 0 Å². The lowest BCUT2D eigenvalue weighted by molar-refractivity contribution is 0.0691. The number of hydrogen-bond acceptors (Lipinski definition) is 1. The molecule has 1 aromatic carbocycles. The Morgan fingerprint density at radius 3 is 2.60 bits per heavy atom. The Kier molecular flexibility index (Phi) is 2.32. The average Bonchev–Trinajstić information content (AvgIpc) is 2.58. The van der Waals surface area contributed by atoms with Crippen molar-refractivity contribution in [1.82, 2.24) is 4.98 Å². The fraction of sp³-hybridized carbons (Fsp3) is 0. The number of rotatable bonds is 1. The highest BCUT2D eigenvalue weighted by molar-refractivity contribution is 6.45. The van der Waals surface area contributed by atoms with Gasteiger partial charge in [0.25, 0.3) is 0 Å². The molecule has 2 aromatic rings. The van der Waals surface area contributed by atoms with Gasteiger partial charge < -0.3 is 10.1 Å². The number of nitrogens with one attached hydrogen (secondary N) is 1. The van der Waals surface area contributed by atoms with Crippen molar-refractivity contribution in [2.75, 3.05) is 0 Å². The number of carboxylic acid groups (broad SMARTS) is 1. The normalized spacial score (nSPS) is 10.9. The van der Waals surface area contributed by atoms with Gasteiger partial charge in [0.15, 0.2) is 0 Å². The quantitative estimate of drug-likeness (QED) is 0.760.